The summed E-state index contributed by atoms with van der Waals surface area (Å²) in [6, 6.07) is 5.63. The molecule has 7 heteroatoms. The number of likely N-dealkylation sites (tertiary alicyclic amines) is 1. The maximum atomic E-state index is 12.9. The lowest BCUT2D eigenvalue weighted by Gasteiger charge is -2.33. The second-order valence-corrected chi connectivity index (χ2v) is 7.37. The number of halogens is 2. The summed E-state index contributed by atoms with van der Waals surface area (Å²) >= 11 is 0. The number of nitrogens with one attached hydrogen (secondary N) is 2. The van der Waals surface area contributed by atoms with Gasteiger partial charge >= 0.3 is 0 Å². The van der Waals surface area contributed by atoms with Gasteiger partial charge in [0.1, 0.15) is 5.82 Å². The van der Waals surface area contributed by atoms with Crippen LogP contribution >= 0.6 is 12.4 Å². The monoisotopic (exact) mass is 397 g/mol. The molecule has 27 heavy (non-hydrogen) atoms. The Hall–Kier alpha value is -1.66. The lowest BCUT2D eigenvalue weighted by atomic mass is 9.93. The van der Waals surface area contributed by atoms with Gasteiger partial charge in [-0.3, -0.25) is 9.59 Å². The fourth-order valence-electron chi connectivity index (χ4n) is 3.80. The van der Waals surface area contributed by atoms with Crippen molar-refractivity contribution < 1.29 is 14.0 Å². The molecule has 1 aromatic carbocycles. The van der Waals surface area contributed by atoms with Crippen LogP contribution in [-0.4, -0.2) is 48.9 Å². The quantitative estimate of drug-likeness (QED) is 0.803. The Balaban J connectivity index is 0.00000261. The van der Waals surface area contributed by atoms with Gasteiger partial charge in [0.25, 0.3) is 5.91 Å². The van der Waals surface area contributed by atoms with E-state index in [9.17, 15) is 14.0 Å². The van der Waals surface area contributed by atoms with Crippen LogP contribution in [0.25, 0.3) is 0 Å². The van der Waals surface area contributed by atoms with Gasteiger partial charge < -0.3 is 15.5 Å². The smallest absolute Gasteiger partial charge is 0.251 e. The molecule has 2 fully saturated rings. The third-order valence-corrected chi connectivity index (χ3v) is 5.51. The summed E-state index contributed by atoms with van der Waals surface area (Å²) in [5.74, 6) is 0.387. The van der Waals surface area contributed by atoms with Crippen molar-refractivity contribution in [2.45, 2.75) is 44.6 Å². The highest BCUT2D eigenvalue weighted by Gasteiger charge is 2.24. The second-order valence-electron chi connectivity index (χ2n) is 7.37. The van der Waals surface area contributed by atoms with Crippen molar-refractivity contribution in [1.29, 1.82) is 0 Å². The molecule has 150 valence electrons. The lowest BCUT2D eigenvalue weighted by Crippen LogP contribution is -2.46. The molecule has 0 bridgehead atoms. The van der Waals surface area contributed by atoms with E-state index in [2.05, 4.69) is 10.6 Å². The maximum absolute atomic E-state index is 12.9. The average molecular weight is 398 g/mol. The molecule has 2 N–H and O–H groups in total. The van der Waals surface area contributed by atoms with E-state index in [0.717, 1.165) is 32.4 Å². The molecule has 0 unspecified atom stereocenters. The molecule has 0 atom stereocenters. The highest BCUT2D eigenvalue weighted by Crippen LogP contribution is 2.20. The zero-order valence-corrected chi connectivity index (χ0v) is 16.4. The highest BCUT2D eigenvalue weighted by molar-refractivity contribution is 5.94. The predicted molar refractivity (Wildman–Crippen MR) is 106 cm³/mol. The molecule has 2 amide bonds. The van der Waals surface area contributed by atoms with Crippen LogP contribution in [0.2, 0.25) is 0 Å². The van der Waals surface area contributed by atoms with E-state index in [1.54, 1.807) is 0 Å². The minimum Gasteiger partial charge on any atom is -0.349 e. The van der Waals surface area contributed by atoms with E-state index in [0.29, 0.717) is 31.0 Å². The SMILES string of the molecule is Cl.O=C(NC1CCN(C(=O)CCC2CCNCC2)CC1)c1ccc(F)cc1. The zero-order chi connectivity index (χ0) is 18.4. The number of carbonyl (C=O) groups is 2. The molecule has 0 radical (unpaired) electrons. The Labute approximate surface area is 166 Å². The minimum atomic E-state index is -0.349. The largest absolute Gasteiger partial charge is 0.349 e. The van der Waals surface area contributed by atoms with E-state index in [4.69, 9.17) is 0 Å². The molecule has 3 rings (SSSR count). The number of rotatable bonds is 5. The van der Waals surface area contributed by atoms with Crippen molar-refractivity contribution in [2.24, 2.45) is 5.92 Å². The lowest BCUT2D eigenvalue weighted by molar-refractivity contribution is -0.132. The van der Waals surface area contributed by atoms with Crippen molar-refractivity contribution in [3.8, 4) is 0 Å². The molecule has 1 aromatic rings. The average Bonchev–Trinajstić information content (AvgIpc) is 2.68. The van der Waals surface area contributed by atoms with Crippen LogP contribution in [0, 0.1) is 11.7 Å². The normalized spacial score (nSPS) is 18.6. The van der Waals surface area contributed by atoms with Crippen LogP contribution in [0.3, 0.4) is 0 Å². The Morgan fingerprint density at radius 2 is 1.70 bits per heavy atom. The van der Waals surface area contributed by atoms with Crippen LogP contribution in [0.4, 0.5) is 4.39 Å². The van der Waals surface area contributed by atoms with Crippen molar-refractivity contribution >= 4 is 24.2 Å². The van der Waals surface area contributed by atoms with Gasteiger partial charge in [-0.2, -0.15) is 0 Å². The van der Waals surface area contributed by atoms with E-state index in [-0.39, 0.29) is 36.1 Å². The van der Waals surface area contributed by atoms with E-state index in [1.165, 1.54) is 37.1 Å². The van der Waals surface area contributed by atoms with Gasteiger partial charge in [0, 0.05) is 31.1 Å². The molecule has 0 spiro atoms. The van der Waals surface area contributed by atoms with E-state index < -0.39 is 0 Å². The first-order valence-electron chi connectivity index (χ1n) is 9.67. The molecule has 0 aliphatic carbocycles. The fraction of sp³-hybridized carbons (Fsp3) is 0.600. The molecule has 2 saturated heterocycles. The third kappa shape index (κ3) is 6.47. The Kier molecular flexibility index (Phi) is 8.51. The minimum absolute atomic E-state index is 0. The van der Waals surface area contributed by atoms with Gasteiger partial charge in [-0.25, -0.2) is 4.39 Å². The predicted octanol–water partition coefficient (Wildman–Crippen LogP) is 2.75. The molecule has 2 aliphatic heterocycles. The molecule has 2 heterocycles. The first-order chi connectivity index (χ1) is 12.6. The molecular weight excluding hydrogens is 369 g/mol. The zero-order valence-electron chi connectivity index (χ0n) is 15.6. The summed E-state index contributed by atoms with van der Waals surface area (Å²) in [6.45, 7) is 3.52. The van der Waals surface area contributed by atoms with Gasteiger partial charge in [0.15, 0.2) is 0 Å². The number of hydrogen-bond acceptors (Lipinski definition) is 3. The van der Waals surface area contributed by atoms with Gasteiger partial charge in [0.05, 0.1) is 0 Å². The van der Waals surface area contributed by atoms with Crippen molar-refractivity contribution in [3.63, 3.8) is 0 Å². The van der Waals surface area contributed by atoms with Gasteiger partial charge in [-0.05, 0) is 75.4 Å². The maximum Gasteiger partial charge on any atom is 0.251 e. The summed E-state index contributed by atoms with van der Waals surface area (Å²) in [5.41, 5.74) is 0.465. The molecular formula is C20H29ClFN3O2. The van der Waals surface area contributed by atoms with Gasteiger partial charge in [0.2, 0.25) is 5.91 Å². The summed E-state index contributed by atoms with van der Waals surface area (Å²) in [5, 5.41) is 6.34. The Morgan fingerprint density at radius 1 is 1.07 bits per heavy atom. The Bertz CT molecular complexity index is 612. The molecule has 0 aromatic heterocycles. The molecule has 2 aliphatic rings. The number of nitrogens with zero attached hydrogens (tertiary/aromatic N) is 1. The van der Waals surface area contributed by atoms with Crippen LogP contribution in [0.1, 0.15) is 48.9 Å². The number of carbonyl (C=O) groups excluding carboxylic acids is 2. The van der Waals surface area contributed by atoms with Crippen LogP contribution in [0.5, 0.6) is 0 Å². The summed E-state index contributed by atoms with van der Waals surface area (Å²) in [7, 11) is 0. The van der Waals surface area contributed by atoms with E-state index >= 15 is 0 Å². The van der Waals surface area contributed by atoms with Crippen LogP contribution in [-0.2, 0) is 4.79 Å². The molecule has 0 saturated carbocycles. The number of piperidine rings is 2. The van der Waals surface area contributed by atoms with Crippen molar-refractivity contribution in [3.05, 3.63) is 35.6 Å². The fourth-order valence-corrected chi connectivity index (χ4v) is 3.80. The highest BCUT2D eigenvalue weighted by atomic mass is 35.5. The topological polar surface area (TPSA) is 61.4 Å². The standard InChI is InChI=1S/C20H28FN3O2.ClH/c21-17-4-2-16(3-5-17)20(26)23-18-9-13-24(14-10-18)19(25)6-1-15-7-11-22-12-8-15;/h2-5,15,18,22H,1,6-14H2,(H,23,26);1H. The first kappa shape index (κ1) is 21.6. The summed E-state index contributed by atoms with van der Waals surface area (Å²) < 4.78 is 12.9. The van der Waals surface area contributed by atoms with E-state index in [1.807, 2.05) is 4.90 Å². The Morgan fingerprint density at radius 3 is 2.33 bits per heavy atom. The summed E-state index contributed by atoms with van der Waals surface area (Å²) in [6.07, 6.45) is 5.51. The van der Waals surface area contributed by atoms with Gasteiger partial charge in [-0.1, -0.05) is 0 Å². The van der Waals surface area contributed by atoms with Crippen molar-refractivity contribution in [2.75, 3.05) is 26.2 Å². The molecule has 5 nitrogen and oxygen atoms in total. The third-order valence-electron chi connectivity index (χ3n) is 5.51. The number of benzene rings is 1. The van der Waals surface area contributed by atoms with Crippen molar-refractivity contribution in [1.82, 2.24) is 15.5 Å². The van der Waals surface area contributed by atoms with Crippen LogP contribution in [0.15, 0.2) is 24.3 Å². The van der Waals surface area contributed by atoms with Gasteiger partial charge in [-0.15, -0.1) is 12.4 Å². The number of hydrogen-bond donors (Lipinski definition) is 2. The second kappa shape index (κ2) is 10.6. The summed E-state index contributed by atoms with van der Waals surface area (Å²) in [4.78, 5) is 26.5. The number of amides is 2. The van der Waals surface area contributed by atoms with Crippen LogP contribution < -0.4 is 10.6 Å². The first-order valence-corrected chi connectivity index (χ1v) is 9.67.